The second-order valence-corrected chi connectivity index (χ2v) is 2.05. The van der Waals surface area contributed by atoms with Crippen molar-refractivity contribution in [3.63, 3.8) is 0 Å². The van der Waals surface area contributed by atoms with Gasteiger partial charge in [0.25, 0.3) is 0 Å². The molecule has 1 rings (SSSR count). The van der Waals surface area contributed by atoms with Crippen molar-refractivity contribution in [2.24, 2.45) is 0 Å². The van der Waals surface area contributed by atoms with Crippen molar-refractivity contribution in [1.82, 2.24) is 4.98 Å². The third-order valence-corrected chi connectivity index (χ3v) is 1.27. The fraction of sp³-hybridized carbons (Fsp3) is 0.250. The average Bonchev–Trinajstić information content (AvgIpc) is 2.09. The molecule has 0 fully saturated rings. The van der Waals surface area contributed by atoms with E-state index in [0.29, 0.717) is 24.6 Å². The lowest BCUT2D eigenvalue weighted by Crippen LogP contribution is -2.01. The Labute approximate surface area is 70.6 Å². The molecule has 0 aromatic carbocycles. The molecule has 0 unspecified atom stereocenters. The maximum atomic E-state index is 10.1. The van der Waals surface area contributed by atoms with Gasteiger partial charge in [0.1, 0.15) is 5.69 Å². The predicted octanol–water partition coefficient (Wildman–Crippen LogP) is 1.05. The molecule has 1 aromatic rings. The first kappa shape index (κ1) is 8.52. The van der Waals surface area contributed by atoms with Crippen LogP contribution in [0.5, 0.6) is 5.88 Å². The number of hydrogen-bond donors (Lipinski definition) is 1. The number of anilines is 1. The molecule has 0 aliphatic carbocycles. The molecule has 0 atom stereocenters. The molecule has 1 heterocycles. The van der Waals surface area contributed by atoms with E-state index in [-0.39, 0.29) is 0 Å². The van der Waals surface area contributed by atoms with Crippen molar-refractivity contribution in [1.29, 1.82) is 0 Å². The average molecular weight is 166 g/mol. The van der Waals surface area contributed by atoms with Crippen LogP contribution < -0.4 is 10.1 Å². The number of rotatable bonds is 4. The quantitative estimate of drug-likeness (QED) is 0.680. The van der Waals surface area contributed by atoms with Crippen LogP contribution in [0.3, 0.4) is 0 Å². The number of nitrogens with one attached hydrogen (secondary N) is 1. The van der Waals surface area contributed by atoms with Gasteiger partial charge in [0.2, 0.25) is 12.3 Å². The zero-order valence-electron chi connectivity index (χ0n) is 6.78. The summed E-state index contributed by atoms with van der Waals surface area (Å²) in [6.45, 7) is 2.39. The van der Waals surface area contributed by atoms with Crippen LogP contribution in [0.1, 0.15) is 6.92 Å². The highest BCUT2D eigenvalue weighted by Gasteiger charge is 2.00. The lowest BCUT2D eigenvalue weighted by Gasteiger charge is -2.05. The summed E-state index contributed by atoms with van der Waals surface area (Å²) in [4.78, 5) is 14.1. The van der Waals surface area contributed by atoms with Crippen LogP contribution in [-0.2, 0) is 4.79 Å². The zero-order chi connectivity index (χ0) is 8.81. The van der Waals surface area contributed by atoms with Crippen LogP contribution in [0.4, 0.5) is 5.69 Å². The highest BCUT2D eigenvalue weighted by atomic mass is 16.5. The molecule has 4 nitrogen and oxygen atoms in total. The Morgan fingerprint density at radius 1 is 1.75 bits per heavy atom. The lowest BCUT2D eigenvalue weighted by atomic mass is 10.4. The Balaban J connectivity index is 2.83. The molecule has 0 saturated carbocycles. The molecule has 1 N–H and O–H groups in total. The van der Waals surface area contributed by atoms with Gasteiger partial charge in [0, 0.05) is 6.20 Å². The maximum absolute atomic E-state index is 10.1. The van der Waals surface area contributed by atoms with Crippen LogP contribution in [0.25, 0.3) is 0 Å². The smallest absolute Gasteiger partial charge is 0.237 e. The van der Waals surface area contributed by atoms with Gasteiger partial charge >= 0.3 is 0 Å². The number of pyridine rings is 1. The number of carbonyl (C=O) groups excluding carboxylic acids is 1. The Bertz CT molecular complexity index is 263. The van der Waals surface area contributed by atoms with Crippen LogP contribution in [0, 0.1) is 0 Å². The number of nitrogens with zero attached hydrogens (tertiary/aromatic N) is 1. The molecular formula is C8H10N2O2. The topological polar surface area (TPSA) is 51.2 Å². The number of amides is 1. The monoisotopic (exact) mass is 166 g/mol. The van der Waals surface area contributed by atoms with E-state index < -0.39 is 0 Å². The van der Waals surface area contributed by atoms with Crippen molar-refractivity contribution in [3.05, 3.63) is 18.3 Å². The summed E-state index contributed by atoms with van der Waals surface area (Å²) in [5, 5.41) is 2.49. The molecule has 64 valence electrons. The van der Waals surface area contributed by atoms with Crippen LogP contribution >= 0.6 is 0 Å². The summed E-state index contributed by atoms with van der Waals surface area (Å²) in [7, 11) is 0. The number of carbonyl (C=O) groups is 1. The first-order valence-electron chi connectivity index (χ1n) is 3.66. The van der Waals surface area contributed by atoms with Gasteiger partial charge in [-0.25, -0.2) is 4.98 Å². The third kappa shape index (κ3) is 1.95. The largest absolute Gasteiger partial charge is 0.476 e. The fourth-order valence-electron chi connectivity index (χ4n) is 0.816. The second kappa shape index (κ2) is 4.33. The summed E-state index contributed by atoms with van der Waals surface area (Å²) in [5.41, 5.74) is 0.592. The van der Waals surface area contributed by atoms with Crippen molar-refractivity contribution in [2.45, 2.75) is 6.92 Å². The highest BCUT2D eigenvalue weighted by molar-refractivity contribution is 5.73. The van der Waals surface area contributed by atoms with Crippen LogP contribution in [0.15, 0.2) is 18.3 Å². The maximum Gasteiger partial charge on any atom is 0.237 e. The summed E-state index contributed by atoms with van der Waals surface area (Å²) in [5.74, 6) is 0.451. The van der Waals surface area contributed by atoms with E-state index in [1.165, 1.54) is 0 Å². The Hall–Kier alpha value is -1.58. The van der Waals surface area contributed by atoms with E-state index in [4.69, 9.17) is 4.74 Å². The summed E-state index contributed by atoms with van der Waals surface area (Å²) >= 11 is 0. The molecule has 1 amide bonds. The number of aromatic nitrogens is 1. The van der Waals surface area contributed by atoms with Gasteiger partial charge in [0.15, 0.2) is 0 Å². The standard InChI is InChI=1S/C8H10N2O2/c1-2-12-8-7(10-6-11)4-3-5-9-8/h3-6H,2H2,1H3,(H,10,11). The highest BCUT2D eigenvalue weighted by Crippen LogP contribution is 2.18. The van der Waals surface area contributed by atoms with Crippen LogP contribution in [0.2, 0.25) is 0 Å². The molecule has 0 spiro atoms. The minimum absolute atomic E-state index is 0.451. The predicted molar refractivity (Wildman–Crippen MR) is 45.1 cm³/mol. The van der Waals surface area contributed by atoms with Gasteiger partial charge < -0.3 is 10.1 Å². The summed E-state index contributed by atoms with van der Waals surface area (Å²) in [6.07, 6.45) is 2.21. The molecule has 0 radical (unpaired) electrons. The number of ether oxygens (including phenoxy) is 1. The van der Waals surface area contributed by atoms with Crippen molar-refractivity contribution < 1.29 is 9.53 Å². The molecule has 4 heteroatoms. The van der Waals surface area contributed by atoms with Gasteiger partial charge in [-0.1, -0.05) is 0 Å². The molecule has 1 aromatic heterocycles. The summed E-state index contributed by atoms with van der Waals surface area (Å²) in [6, 6.07) is 3.46. The molecule has 0 bridgehead atoms. The lowest BCUT2D eigenvalue weighted by molar-refractivity contribution is -0.105. The molecule has 12 heavy (non-hydrogen) atoms. The first-order chi connectivity index (χ1) is 5.88. The number of hydrogen-bond acceptors (Lipinski definition) is 3. The van der Waals surface area contributed by atoms with Gasteiger partial charge in [-0.2, -0.15) is 0 Å². The first-order valence-corrected chi connectivity index (χ1v) is 3.66. The van der Waals surface area contributed by atoms with E-state index in [1.54, 1.807) is 18.3 Å². The minimum Gasteiger partial charge on any atom is -0.476 e. The van der Waals surface area contributed by atoms with Gasteiger partial charge in [-0.3, -0.25) is 4.79 Å². The minimum atomic E-state index is 0.451. The van der Waals surface area contributed by atoms with E-state index in [0.717, 1.165) is 0 Å². The Morgan fingerprint density at radius 2 is 2.58 bits per heavy atom. The van der Waals surface area contributed by atoms with Crippen molar-refractivity contribution in [2.75, 3.05) is 11.9 Å². The van der Waals surface area contributed by atoms with Gasteiger partial charge in [-0.05, 0) is 19.1 Å². The van der Waals surface area contributed by atoms with Gasteiger partial charge in [-0.15, -0.1) is 0 Å². The normalized spacial score (nSPS) is 9.08. The molecule has 0 saturated heterocycles. The van der Waals surface area contributed by atoms with Crippen molar-refractivity contribution >= 4 is 12.1 Å². The van der Waals surface area contributed by atoms with E-state index in [9.17, 15) is 4.79 Å². The molecular weight excluding hydrogens is 156 g/mol. The van der Waals surface area contributed by atoms with Gasteiger partial charge in [0.05, 0.1) is 6.61 Å². The van der Waals surface area contributed by atoms with E-state index in [1.807, 2.05) is 6.92 Å². The SMILES string of the molecule is CCOc1ncccc1NC=O. The third-order valence-electron chi connectivity index (χ3n) is 1.27. The zero-order valence-corrected chi connectivity index (χ0v) is 6.78. The molecule has 0 aliphatic rings. The summed E-state index contributed by atoms with van der Waals surface area (Å²) < 4.78 is 5.16. The van der Waals surface area contributed by atoms with E-state index >= 15 is 0 Å². The molecule has 0 aliphatic heterocycles. The second-order valence-electron chi connectivity index (χ2n) is 2.05. The van der Waals surface area contributed by atoms with Crippen molar-refractivity contribution in [3.8, 4) is 5.88 Å². The Kier molecular flexibility index (Phi) is 3.07. The van der Waals surface area contributed by atoms with E-state index in [2.05, 4.69) is 10.3 Å². The van der Waals surface area contributed by atoms with Crippen LogP contribution in [-0.4, -0.2) is 18.0 Å². The fourth-order valence-corrected chi connectivity index (χ4v) is 0.816. The Morgan fingerprint density at radius 3 is 3.25 bits per heavy atom.